The molecular weight excluding hydrogens is 276 g/mol. The molecule has 0 spiro atoms. The number of aromatic nitrogens is 3. The number of nitrogens with one attached hydrogen (secondary N) is 1. The average molecular weight is 292 g/mol. The molecular formula is C13H16N4O2S. The van der Waals surface area contributed by atoms with Crippen molar-refractivity contribution in [3.05, 3.63) is 28.8 Å². The van der Waals surface area contributed by atoms with Crippen molar-refractivity contribution in [2.75, 3.05) is 11.1 Å². The van der Waals surface area contributed by atoms with Gasteiger partial charge in [0.05, 0.1) is 5.75 Å². The van der Waals surface area contributed by atoms with Crippen LogP contribution in [0.25, 0.3) is 0 Å². The number of nitrogens with zero attached hydrogens (tertiary/aromatic N) is 3. The highest BCUT2D eigenvalue weighted by molar-refractivity contribution is 7.99. The number of hydrogen-bond donors (Lipinski definition) is 1. The number of aryl methyl sites for hydroxylation is 3. The number of hydrogen-bond acceptors (Lipinski definition) is 6. The van der Waals surface area contributed by atoms with Gasteiger partial charge in [-0.3, -0.25) is 4.79 Å². The first kappa shape index (κ1) is 14.5. The van der Waals surface area contributed by atoms with Crippen molar-refractivity contribution < 1.29 is 9.32 Å². The van der Waals surface area contributed by atoms with Crippen LogP contribution in [-0.2, 0) is 4.79 Å². The molecule has 0 fully saturated rings. The molecule has 0 saturated heterocycles. The van der Waals surface area contributed by atoms with E-state index in [9.17, 15) is 4.79 Å². The van der Waals surface area contributed by atoms with Gasteiger partial charge in [0.25, 0.3) is 0 Å². The zero-order chi connectivity index (χ0) is 14.7. The summed E-state index contributed by atoms with van der Waals surface area (Å²) in [6.45, 7) is 7.63. The molecule has 2 heterocycles. The van der Waals surface area contributed by atoms with Crippen LogP contribution in [0.1, 0.15) is 22.7 Å². The number of carbonyl (C=O) groups excluding carboxylic acids is 1. The van der Waals surface area contributed by atoms with Crippen LogP contribution in [0.2, 0.25) is 0 Å². The smallest absolute Gasteiger partial charge is 0.236 e. The van der Waals surface area contributed by atoms with E-state index < -0.39 is 0 Å². The van der Waals surface area contributed by atoms with Crippen molar-refractivity contribution in [1.82, 2.24) is 15.1 Å². The average Bonchev–Trinajstić information content (AvgIpc) is 2.78. The summed E-state index contributed by atoms with van der Waals surface area (Å²) in [5, 5.41) is 6.96. The topological polar surface area (TPSA) is 80.9 Å². The molecule has 0 aliphatic rings. The Labute approximate surface area is 121 Å². The SMILES string of the molecule is Cc1cc(NC(=O)CSc2nc(C)c(C)c(C)n2)no1. The zero-order valence-corrected chi connectivity index (χ0v) is 12.7. The largest absolute Gasteiger partial charge is 0.360 e. The second-order valence-corrected chi connectivity index (χ2v) is 5.40. The molecule has 2 rings (SSSR count). The first-order valence-corrected chi connectivity index (χ1v) is 7.12. The molecule has 0 aromatic carbocycles. The fraction of sp³-hybridized carbons (Fsp3) is 0.385. The summed E-state index contributed by atoms with van der Waals surface area (Å²) in [6.07, 6.45) is 0. The summed E-state index contributed by atoms with van der Waals surface area (Å²) in [5.74, 6) is 1.14. The van der Waals surface area contributed by atoms with Crippen molar-refractivity contribution in [2.45, 2.75) is 32.9 Å². The molecule has 0 saturated carbocycles. The van der Waals surface area contributed by atoms with Crippen molar-refractivity contribution >= 4 is 23.5 Å². The minimum absolute atomic E-state index is 0.164. The second-order valence-electron chi connectivity index (χ2n) is 4.46. The maximum absolute atomic E-state index is 11.8. The van der Waals surface area contributed by atoms with Gasteiger partial charge in [-0.15, -0.1) is 0 Å². The molecule has 0 atom stereocenters. The maximum atomic E-state index is 11.8. The number of rotatable bonds is 4. The Morgan fingerprint density at radius 3 is 2.45 bits per heavy atom. The van der Waals surface area contributed by atoms with Crippen LogP contribution in [0.15, 0.2) is 15.7 Å². The Kier molecular flexibility index (Phi) is 4.39. The number of anilines is 1. The van der Waals surface area contributed by atoms with Gasteiger partial charge in [0, 0.05) is 17.5 Å². The van der Waals surface area contributed by atoms with E-state index in [0.29, 0.717) is 16.7 Å². The summed E-state index contributed by atoms with van der Waals surface area (Å²) < 4.78 is 4.88. The van der Waals surface area contributed by atoms with E-state index in [-0.39, 0.29) is 11.7 Å². The fourth-order valence-corrected chi connectivity index (χ4v) is 2.28. The highest BCUT2D eigenvalue weighted by atomic mass is 32.2. The summed E-state index contributed by atoms with van der Waals surface area (Å²) in [4.78, 5) is 20.5. The predicted molar refractivity (Wildman–Crippen MR) is 76.8 cm³/mol. The number of thioether (sulfide) groups is 1. The molecule has 20 heavy (non-hydrogen) atoms. The third-order valence-electron chi connectivity index (χ3n) is 2.84. The lowest BCUT2D eigenvalue weighted by Gasteiger charge is -2.06. The molecule has 2 aromatic heterocycles. The molecule has 0 unspecified atom stereocenters. The second kappa shape index (κ2) is 6.04. The van der Waals surface area contributed by atoms with Gasteiger partial charge in [0.1, 0.15) is 5.76 Å². The van der Waals surface area contributed by atoms with Gasteiger partial charge in [0.2, 0.25) is 5.91 Å². The van der Waals surface area contributed by atoms with Gasteiger partial charge in [-0.1, -0.05) is 16.9 Å². The first-order chi connectivity index (χ1) is 9.45. The lowest BCUT2D eigenvalue weighted by atomic mass is 10.2. The van der Waals surface area contributed by atoms with Gasteiger partial charge in [0.15, 0.2) is 11.0 Å². The lowest BCUT2D eigenvalue weighted by molar-refractivity contribution is -0.113. The Balaban J connectivity index is 1.93. The van der Waals surface area contributed by atoms with Crippen LogP contribution in [0.3, 0.4) is 0 Å². The molecule has 0 radical (unpaired) electrons. The molecule has 106 valence electrons. The van der Waals surface area contributed by atoms with Gasteiger partial charge in [-0.25, -0.2) is 9.97 Å². The highest BCUT2D eigenvalue weighted by Gasteiger charge is 2.10. The van der Waals surface area contributed by atoms with Crippen LogP contribution in [0.5, 0.6) is 0 Å². The predicted octanol–water partition coefficient (Wildman–Crippen LogP) is 2.43. The molecule has 1 amide bonds. The Hall–Kier alpha value is -1.89. The first-order valence-electron chi connectivity index (χ1n) is 6.13. The fourth-order valence-electron chi connectivity index (χ4n) is 1.54. The Bertz CT molecular complexity index is 616. The van der Waals surface area contributed by atoms with E-state index in [0.717, 1.165) is 17.0 Å². The molecule has 7 heteroatoms. The quantitative estimate of drug-likeness (QED) is 0.688. The highest BCUT2D eigenvalue weighted by Crippen LogP contribution is 2.17. The van der Waals surface area contributed by atoms with E-state index in [4.69, 9.17) is 4.52 Å². The molecule has 2 aromatic rings. The van der Waals surface area contributed by atoms with Crippen molar-refractivity contribution in [3.63, 3.8) is 0 Å². The normalized spacial score (nSPS) is 10.6. The minimum Gasteiger partial charge on any atom is -0.360 e. The van der Waals surface area contributed by atoms with Crippen LogP contribution < -0.4 is 5.32 Å². The molecule has 1 N–H and O–H groups in total. The van der Waals surface area contributed by atoms with Gasteiger partial charge in [-0.2, -0.15) is 0 Å². The van der Waals surface area contributed by atoms with E-state index in [1.807, 2.05) is 20.8 Å². The third-order valence-corrected chi connectivity index (χ3v) is 3.69. The van der Waals surface area contributed by atoms with Gasteiger partial charge < -0.3 is 9.84 Å². The number of carbonyl (C=O) groups is 1. The molecule has 0 bridgehead atoms. The Morgan fingerprint density at radius 2 is 1.90 bits per heavy atom. The standard InChI is InChI=1S/C13H16N4O2S/c1-7-5-11(17-19-7)16-12(18)6-20-13-14-9(3)8(2)10(4)15-13/h5H,6H2,1-4H3,(H,16,17,18). The van der Waals surface area contributed by atoms with Crippen LogP contribution in [0, 0.1) is 27.7 Å². The zero-order valence-electron chi connectivity index (χ0n) is 11.9. The minimum atomic E-state index is -0.164. The van der Waals surface area contributed by atoms with Gasteiger partial charge >= 0.3 is 0 Å². The third kappa shape index (κ3) is 3.57. The summed E-state index contributed by atoms with van der Waals surface area (Å²) in [7, 11) is 0. The molecule has 0 aliphatic heterocycles. The monoisotopic (exact) mass is 292 g/mol. The van der Waals surface area contributed by atoms with E-state index in [1.165, 1.54) is 11.8 Å². The van der Waals surface area contributed by atoms with Crippen molar-refractivity contribution in [1.29, 1.82) is 0 Å². The summed E-state index contributed by atoms with van der Waals surface area (Å²) >= 11 is 1.30. The molecule has 0 aliphatic carbocycles. The van der Waals surface area contributed by atoms with Crippen LogP contribution in [-0.4, -0.2) is 26.8 Å². The summed E-state index contributed by atoms with van der Waals surface area (Å²) in [5.41, 5.74) is 2.96. The van der Waals surface area contributed by atoms with Crippen LogP contribution >= 0.6 is 11.8 Å². The Morgan fingerprint density at radius 1 is 1.25 bits per heavy atom. The molecule has 6 nitrogen and oxygen atoms in total. The number of amides is 1. The van der Waals surface area contributed by atoms with E-state index in [2.05, 4.69) is 20.4 Å². The van der Waals surface area contributed by atoms with E-state index in [1.54, 1.807) is 13.0 Å². The maximum Gasteiger partial charge on any atom is 0.236 e. The van der Waals surface area contributed by atoms with Crippen LogP contribution in [0.4, 0.5) is 5.82 Å². The van der Waals surface area contributed by atoms with Gasteiger partial charge in [-0.05, 0) is 33.3 Å². The van der Waals surface area contributed by atoms with Crippen molar-refractivity contribution in [2.24, 2.45) is 0 Å². The lowest BCUT2D eigenvalue weighted by Crippen LogP contribution is -2.14. The van der Waals surface area contributed by atoms with E-state index >= 15 is 0 Å². The van der Waals surface area contributed by atoms with Crippen molar-refractivity contribution in [3.8, 4) is 0 Å². The summed E-state index contributed by atoms with van der Waals surface area (Å²) in [6, 6.07) is 1.67.